The molecule has 1 N–H and O–H groups in total. The number of nitro groups is 1. The summed E-state index contributed by atoms with van der Waals surface area (Å²) >= 11 is 0. The average Bonchev–Trinajstić information content (AvgIpc) is 3.08. The first-order chi connectivity index (χ1) is 12.5. The van der Waals surface area contributed by atoms with Gasteiger partial charge in [-0.15, -0.1) is 0 Å². The molecule has 0 spiro atoms. The van der Waals surface area contributed by atoms with E-state index in [1.54, 1.807) is 18.0 Å². The van der Waals surface area contributed by atoms with Crippen molar-refractivity contribution in [2.45, 2.75) is 6.54 Å². The molecule has 0 radical (unpaired) electrons. The summed E-state index contributed by atoms with van der Waals surface area (Å²) < 4.78 is 6.87. The normalized spacial score (nSPS) is 10.3. The zero-order valence-corrected chi connectivity index (χ0v) is 14.0. The molecule has 1 amide bonds. The van der Waals surface area contributed by atoms with Crippen LogP contribution in [0.2, 0.25) is 0 Å². The highest BCUT2D eigenvalue weighted by Crippen LogP contribution is 2.16. The van der Waals surface area contributed by atoms with Crippen LogP contribution >= 0.6 is 0 Å². The minimum Gasteiger partial charge on any atom is -0.497 e. The summed E-state index contributed by atoms with van der Waals surface area (Å²) in [5.41, 5.74) is 1.58. The van der Waals surface area contributed by atoms with Gasteiger partial charge in [0.15, 0.2) is 0 Å². The van der Waals surface area contributed by atoms with Gasteiger partial charge < -0.3 is 10.1 Å². The average molecular weight is 352 g/mol. The fourth-order valence-electron chi connectivity index (χ4n) is 2.44. The second kappa shape index (κ2) is 7.47. The van der Waals surface area contributed by atoms with Crippen LogP contribution in [0.1, 0.15) is 15.9 Å². The highest BCUT2D eigenvalue weighted by atomic mass is 16.6. The number of nitrogens with zero attached hydrogens (tertiary/aromatic N) is 3. The van der Waals surface area contributed by atoms with E-state index in [0.717, 1.165) is 11.3 Å². The zero-order chi connectivity index (χ0) is 18.5. The summed E-state index contributed by atoms with van der Waals surface area (Å²) in [5.74, 6) is 0.323. The lowest BCUT2D eigenvalue weighted by Crippen LogP contribution is -2.11. The van der Waals surface area contributed by atoms with Gasteiger partial charge >= 0.3 is 0 Å². The molecule has 0 atom stereocenters. The maximum absolute atomic E-state index is 12.3. The molecule has 0 aliphatic rings. The summed E-state index contributed by atoms with van der Waals surface area (Å²) in [6.45, 7) is 0.518. The number of aromatic nitrogens is 2. The standard InChI is InChI=1S/C18H16N4O4/c1-26-17-7-2-4-13(8-17)11-21-12-15(10-19-21)20-18(23)14-5-3-6-16(9-14)22(24)25/h2-10,12H,11H2,1H3,(H,20,23). The Hall–Kier alpha value is -3.68. The van der Waals surface area contributed by atoms with E-state index in [9.17, 15) is 14.9 Å². The number of carbonyl (C=O) groups is 1. The maximum atomic E-state index is 12.3. The lowest BCUT2D eigenvalue weighted by atomic mass is 10.2. The van der Waals surface area contributed by atoms with Crippen LogP contribution in [0.3, 0.4) is 0 Å². The van der Waals surface area contributed by atoms with E-state index in [-0.39, 0.29) is 11.3 Å². The third kappa shape index (κ3) is 4.04. The number of nitrogens with one attached hydrogen (secondary N) is 1. The van der Waals surface area contributed by atoms with Crippen LogP contribution in [0.4, 0.5) is 11.4 Å². The lowest BCUT2D eigenvalue weighted by molar-refractivity contribution is -0.384. The number of benzene rings is 2. The molecule has 8 heteroatoms. The number of rotatable bonds is 6. The molecule has 0 saturated heterocycles. The number of carbonyl (C=O) groups excluding carboxylic acids is 1. The van der Waals surface area contributed by atoms with Gasteiger partial charge in [-0.3, -0.25) is 19.6 Å². The molecule has 1 aromatic heterocycles. The number of hydrogen-bond acceptors (Lipinski definition) is 5. The Morgan fingerprint density at radius 2 is 2.08 bits per heavy atom. The molecule has 2 aromatic carbocycles. The number of nitro benzene ring substituents is 1. The number of amides is 1. The SMILES string of the molecule is COc1cccc(Cn2cc(NC(=O)c3cccc([N+](=O)[O-])c3)cn2)c1. The second-order valence-electron chi connectivity index (χ2n) is 5.54. The van der Waals surface area contributed by atoms with E-state index in [4.69, 9.17) is 4.74 Å². The van der Waals surface area contributed by atoms with Crippen molar-refractivity contribution in [3.05, 3.63) is 82.2 Å². The number of non-ortho nitro benzene ring substituents is 1. The van der Waals surface area contributed by atoms with Gasteiger partial charge in [-0.2, -0.15) is 5.10 Å². The summed E-state index contributed by atoms with van der Waals surface area (Å²) in [6, 6.07) is 13.2. The Kier molecular flexibility index (Phi) is 4.93. The van der Waals surface area contributed by atoms with Crippen molar-refractivity contribution in [3.63, 3.8) is 0 Å². The molecular weight excluding hydrogens is 336 g/mol. The van der Waals surface area contributed by atoms with Crippen LogP contribution in [0, 0.1) is 10.1 Å². The van der Waals surface area contributed by atoms with Crippen LogP contribution in [-0.4, -0.2) is 27.7 Å². The Morgan fingerprint density at radius 1 is 1.27 bits per heavy atom. The maximum Gasteiger partial charge on any atom is 0.270 e. The van der Waals surface area contributed by atoms with Gasteiger partial charge in [-0.1, -0.05) is 18.2 Å². The Bertz CT molecular complexity index is 952. The van der Waals surface area contributed by atoms with Gasteiger partial charge in [0.2, 0.25) is 0 Å². The van der Waals surface area contributed by atoms with Crippen molar-refractivity contribution in [1.29, 1.82) is 0 Å². The molecule has 132 valence electrons. The summed E-state index contributed by atoms with van der Waals surface area (Å²) in [4.78, 5) is 22.5. The largest absolute Gasteiger partial charge is 0.497 e. The van der Waals surface area contributed by atoms with Gasteiger partial charge in [0.1, 0.15) is 5.75 Å². The summed E-state index contributed by atoms with van der Waals surface area (Å²) in [5, 5.41) is 17.7. The van der Waals surface area contributed by atoms with E-state index in [2.05, 4.69) is 10.4 Å². The molecule has 3 rings (SSSR count). The van der Waals surface area contributed by atoms with Crippen molar-refractivity contribution in [2.75, 3.05) is 12.4 Å². The first kappa shape index (κ1) is 17.2. The molecule has 3 aromatic rings. The monoisotopic (exact) mass is 352 g/mol. The van der Waals surface area contributed by atoms with E-state index >= 15 is 0 Å². The highest BCUT2D eigenvalue weighted by molar-refractivity contribution is 6.04. The molecule has 0 fully saturated rings. The lowest BCUT2D eigenvalue weighted by Gasteiger charge is -2.05. The van der Waals surface area contributed by atoms with Crippen LogP contribution in [-0.2, 0) is 6.54 Å². The van der Waals surface area contributed by atoms with Crippen LogP contribution < -0.4 is 10.1 Å². The molecule has 1 heterocycles. The fraction of sp³-hybridized carbons (Fsp3) is 0.111. The molecule has 0 bridgehead atoms. The highest BCUT2D eigenvalue weighted by Gasteiger charge is 2.12. The van der Waals surface area contributed by atoms with E-state index < -0.39 is 10.8 Å². The van der Waals surface area contributed by atoms with Crippen LogP contribution in [0.15, 0.2) is 60.9 Å². The van der Waals surface area contributed by atoms with Crippen molar-refractivity contribution in [2.24, 2.45) is 0 Å². The Labute approximate surface area is 149 Å². The number of methoxy groups -OCH3 is 1. The summed E-state index contributed by atoms with van der Waals surface area (Å²) in [7, 11) is 1.61. The molecule has 8 nitrogen and oxygen atoms in total. The Morgan fingerprint density at radius 3 is 2.85 bits per heavy atom. The topological polar surface area (TPSA) is 99.3 Å². The number of hydrogen-bond donors (Lipinski definition) is 1. The summed E-state index contributed by atoms with van der Waals surface area (Å²) in [6.07, 6.45) is 3.21. The first-order valence-corrected chi connectivity index (χ1v) is 7.76. The minimum absolute atomic E-state index is 0.133. The molecular formula is C18H16N4O4. The van der Waals surface area contributed by atoms with Crippen molar-refractivity contribution >= 4 is 17.3 Å². The molecule has 0 aliphatic heterocycles. The van der Waals surface area contributed by atoms with Gasteiger partial charge in [0, 0.05) is 23.9 Å². The van der Waals surface area contributed by atoms with Crippen molar-refractivity contribution in [1.82, 2.24) is 9.78 Å². The smallest absolute Gasteiger partial charge is 0.270 e. The van der Waals surface area contributed by atoms with Gasteiger partial charge in [0.25, 0.3) is 11.6 Å². The van der Waals surface area contributed by atoms with Gasteiger partial charge in [0.05, 0.1) is 30.5 Å². The third-order valence-electron chi connectivity index (χ3n) is 3.69. The quantitative estimate of drug-likeness (QED) is 0.543. The van der Waals surface area contributed by atoms with Gasteiger partial charge in [-0.25, -0.2) is 0 Å². The van der Waals surface area contributed by atoms with E-state index in [1.807, 2.05) is 24.3 Å². The molecule has 26 heavy (non-hydrogen) atoms. The van der Waals surface area contributed by atoms with Crippen LogP contribution in [0.5, 0.6) is 5.75 Å². The van der Waals surface area contributed by atoms with Crippen LogP contribution in [0.25, 0.3) is 0 Å². The predicted molar refractivity (Wildman–Crippen MR) is 95.4 cm³/mol. The molecule has 0 unspecified atom stereocenters. The Balaban J connectivity index is 1.69. The van der Waals surface area contributed by atoms with Crippen molar-refractivity contribution in [3.8, 4) is 5.75 Å². The predicted octanol–water partition coefficient (Wildman–Crippen LogP) is 3.10. The van der Waals surface area contributed by atoms with Gasteiger partial charge in [-0.05, 0) is 23.8 Å². The van der Waals surface area contributed by atoms with Crippen molar-refractivity contribution < 1.29 is 14.5 Å². The van der Waals surface area contributed by atoms with E-state index in [1.165, 1.54) is 30.5 Å². The second-order valence-corrected chi connectivity index (χ2v) is 5.54. The number of anilines is 1. The third-order valence-corrected chi connectivity index (χ3v) is 3.69. The number of ether oxygens (including phenoxy) is 1. The first-order valence-electron chi connectivity index (χ1n) is 7.76. The fourth-order valence-corrected chi connectivity index (χ4v) is 2.44. The molecule has 0 saturated carbocycles. The zero-order valence-electron chi connectivity index (χ0n) is 14.0. The van der Waals surface area contributed by atoms with E-state index in [0.29, 0.717) is 12.2 Å². The molecule has 0 aliphatic carbocycles. The minimum atomic E-state index is -0.539.